The van der Waals surface area contributed by atoms with E-state index in [1.54, 1.807) is 11.3 Å². The number of rotatable bonds is 4. The maximum atomic E-state index is 12.4. The summed E-state index contributed by atoms with van der Waals surface area (Å²) in [4.78, 5) is 13.7. The summed E-state index contributed by atoms with van der Waals surface area (Å²) in [6, 6.07) is 8.11. The van der Waals surface area contributed by atoms with E-state index in [0.717, 1.165) is 36.0 Å². The van der Waals surface area contributed by atoms with Crippen LogP contribution in [0.25, 0.3) is 0 Å². The fraction of sp³-hybridized carbons (Fsp3) is 0.478. The Bertz CT molecular complexity index is 931. The summed E-state index contributed by atoms with van der Waals surface area (Å²) >= 11 is 1.55. The first-order valence-electron chi connectivity index (χ1n) is 9.74. The molecule has 0 unspecified atom stereocenters. The third kappa shape index (κ3) is 4.23. The molecule has 4 nitrogen and oxygen atoms in total. The molecule has 1 atom stereocenters. The minimum absolute atomic E-state index is 0.0671. The van der Waals surface area contributed by atoms with Gasteiger partial charge in [-0.1, -0.05) is 32.9 Å². The maximum Gasteiger partial charge on any atom is 0.262 e. The lowest BCUT2D eigenvalue weighted by atomic mass is 9.72. The van der Waals surface area contributed by atoms with Crippen LogP contribution >= 0.6 is 11.3 Å². The Morgan fingerprint density at radius 1 is 1.36 bits per heavy atom. The molecule has 1 amide bonds. The quantitative estimate of drug-likeness (QED) is 0.752. The molecule has 1 aliphatic carbocycles. The number of aryl methyl sites for hydroxylation is 1. The number of carbonyl (C=O) groups is 1. The lowest BCUT2D eigenvalue weighted by molar-refractivity contribution is -0.118. The number of ether oxygens (including phenoxy) is 1. The molecule has 5 heteroatoms. The van der Waals surface area contributed by atoms with E-state index in [9.17, 15) is 10.1 Å². The summed E-state index contributed by atoms with van der Waals surface area (Å²) in [6.07, 6.45) is 2.98. The van der Waals surface area contributed by atoms with E-state index in [4.69, 9.17) is 4.74 Å². The van der Waals surface area contributed by atoms with E-state index >= 15 is 0 Å². The third-order valence-electron chi connectivity index (χ3n) is 5.77. The number of nitrogens with zero attached hydrogens (tertiary/aromatic N) is 1. The maximum absolute atomic E-state index is 12.4. The summed E-state index contributed by atoms with van der Waals surface area (Å²) < 4.78 is 5.70. The van der Waals surface area contributed by atoms with Gasteiger partial charge in [0.15, 0.2) is 6.61 Å². The van der Waals surface area contributed by atoms with Gasteiger partial charge in [-0.25, -0.2) is 0 Å². The SMILES string of the molecule is Cc1cccc(OCC(=O)Nc2sc3c(c2C#N)CC[C@@H](C(C)(C)C)C3)c1C. The number of anilines is 1. The van der Waals surface area contributed by atoms with Gasteiger partial charge >= 0.3 is 0 Å². The first-order valence-corrected chi connectivity index (χ1v) is 10.6. The van der Waals surface area contributed by atoms with Crippen molar-refractivity contribution in [3.8, 4) is 11.8 Å². The summed E-state index contributed by atoms with van der Waals surface area (Å²) in [6.45, 7) is 10.7. The van der Waals surface area contributed by atoms with Crippen molar-refractivity contribution in [3.05, 3.63) is 45.3 Å². The summed E-state index contributed by atoms with van der Waals surface area (Å²) in [5.41, 5.74) is 4.17. The molecular weight excluding hydrogens is 368 g/mol. The lowest BCUT2D eigenvalue weighted by Gasteiger charge is -2.33. The van der Waals surface area contributed by atoms with Crippen molar-refractivity contribution in [1.29, 1.82) is 5.26 Å². The van der Waals surface area contributed by atoms with Gasteiger partial charge in [-0.05, 0) is 67.2 Å². The van der Waals surface area contributed by atoms with Crippen molar-refractivity contribution in [3.63, 3.8) is 0 Å². The van der Waals surface area contributed by atoms with Crippen LogP contribution in [0.15, 0.2) is 18.2 Å². The van der Waals surface area contributed by atoms with E-state index in [1.165, 1.54) is 4.88 Å². The molecule has 0 fully saturated rings. The van der Waals surface area contributed by atoms with Crippen molar-refractivity contribution in [2.24, 2.45) is 11.3 Å². The average molecular weight is 397 g/mol. The zero-order chi connectivity index (χ0) is 20.5. The van der Waals surface area contributed by atoms with Crippen molar-refractivity contribution in [1.82, 2.24) is 0 Å². The second kappa shape index (κ2) is 7.97. The predicted octanol–water partition coefficient (Wildman–Crippen LogP) is 5.41. The van der Waals surface area contributed by atoms with Crippen LogP contribution in [-0.4, -0.2) is 12.5 Å². The fourth-order valence-electron chi connectivity index (χ4n) is 3.72. The smallest absolute Gasteiger partial charge is 0.262 e. The highest BCUT2D eigenvalue weighted by Gasteiger charge is 2.32. The second-order valence-corrected chi connectivity index (χ2v) is 9.77. The van der Waals surface area contributed by atoms with Gasteiger partial charge in [0.2, 0.25) is 0 Å². The average Bonchev–Trinajstić information content (AvgIpc) is 2.98. The number of nitriles is 1. The standard InChI is InChI=1S/C23H28N2O2S/c1-14-7-6-8-19(15(14)2)27-13-21(26)25-22-18(12-24)17-10-9-16(23(3,4)5)11-20(17)28-22/h6-8,16H,9-11,13H2,1-5H3,(H,25,26)/t16-/m1/s1. The van der Waals surface area contributed by atoms with Crippen LogP contribution in [-0.2, 0) is 17.6 Å². The number of hydrogen-bond donors (Lipinski definition) is 1. The number of amides is 1. The van der Waals surface area contributed by atoms with Crippen molar-refractivity contribution in [2.45, 2.75) is 53.9 Å². The van der Waals surface area contributed by atoms with Gasteiger partial charge < -0.3 is 10.1 Å². The number of thiophene rings is 1. The topological polar surface area (TPSA) is 62.1 Å². The fourth-order valence-corrected chi connectivity index (χ4v) is 5.01. The summed E-state index contributed by atoms with van der Waals surface area (Å²) in [5.74, 6) is 1.08. The zero-order valence-corrected chi connectivity index (χ0v) is 18.1. The first kappa shape index (κ1) is 20.4. The molecule has 1 aromatic carbocycles. The molecule has 148 valence electrons. The highest BCUT2D eigenvalue weighted by atomic mass is 32.1. The van der Waals surface area contributed by atoms with Crippen LogP contribution < -0.4 is 10.1 Å². The monoisotopic (exact) mass is 396 g/mol. The number of carbonyl (C=O) groups excluding carboxylic acids is 1. The summed E-state index contributed by atoms with van der Waals surface area (Å²) in [5, 5.41) is 13.2. The van der Waals surface area contributed by atoms with Crippen LogP contribution in [0.5, 0.6) is 5.75 Å². The highest BCUT2D eigenvalue weighted by Crippen LogP contribution is 2.43. The van der Waals surface area contributed by atoms with E-state index in [-0.39, 0.29) is 17.9 Å². The number of benzene rings is 1. The number of hydrogen-bond acceptors (Lipinski definition) is 4. The Kier molecular flexibility index (Phi) is 5.81. The lowest BCUT2D eigenvalue weighted by Crippen LogP contribution is -2.26. The van der Waals surface area contributed by atoms with Gasteiger partial charge in [-0.15, -0.1) is 11.3 Å². The van der Waals surface area contributed by atoms with E-state index in [0.29, 0.717) is 22.2 Å². The van der Waals surface area contributed by atoms with Gasteiger partial charge in [0.1, 0.15) is 16.8 Å². The minimum atomic E-state index is -0.233. The summed E-state index contributed by atoms with van der Waals surface area (Å²) in [7, 11) is 0. The van der Waals surface area contributed by atoms with Gasteiger partial charge in [-0.3, -0.25) is 4.79 Å². The predicted molar refractivity (Wildman–Crippen MR) is 114 cm³/mol. The molecule has 0 radical (unpaired) electrons. The molecule has 0 saturated heterocycles. The van der Waals surface area contributed by atoms with Gasteiger partial charge in [0.05, 0.1) is 5.56 Å². The largest absolute Gasteiger partial charge is 0.483 e. The molecule has 0 spiro atoms. The molecule has 1 N–H and O–H groups in total. The van der Waals surface area contributed by atoms with Crippen LogP contribution in [0.1, 0.15) is 54.3 Å². The zero-order valence-electron chi connectivity index (χ0n) is 17.3. The normalized spacial score (nSPS) is 16.2. The van der Waals surface area contributed by atoms with E-state index in [1.807, 2.05) is 32.0 Å². The molecule has 2 aromatic rings. The Morgan fingerprint density at radius 3 is 2.79 bits per heavy atom. The molecule has 0 saturated carbocycles. The first-order chi connectivity index (χ1) is 13.2. The van der Waals surface area contributed by atoms with Crippen molar-refractivity contribution >= 4 is 22.2 Å². The van der Waals surface area contributed by atoms with E-state index < -0.39 is 0 Å². The Hall–Kier alpha value is -2.32. The van der Waals surface area contributed by atoms with Crippen LogP contribution in [0, 0.1) is 36.5 Å². The van der Waals surface area contributed by atoms with Crippen molar-refractivity contribution in [2.75, 3.05) is 11.9 Å². The minimum Gasteiger partial charge on any atom is -0.483 e. The van der Waals surface area contributed by atoms with Crippen LogP contribution in [0.3, 0.4) is 0 Å². The van der Waals surface area contributed by atoms with E-state index in [2.05, 4.69) is 32.2 Å². The number of nitrogens with one attached hydrogen (secondary N) is 1. The van der Waals surface area contributed by atoms with Gasteiger partial charge in [0, 0.05) is 4.88 Å². The Balaban J connectivity index is 1.71. The molecule has 1 aromatic heterocycles. The second-order valence-electron chi connectivity index (χ2n) is 8.66. The molecule has 1 heterocycles. The van der Waals surface area contributed by atoms with Crippen molar-refractivity contribution < 1.29 is 9.53 Å². The van der Waals surface area contributed by atoms with Gasteiger partial charge in [-0.2, -0.15) is 5.26 Å². The molecule has 1 aliphatic rings. The molecule has 3 rings (SSSR count). The number of fused-ring (bicyclic) bond motifs is 1. The molecule has 0 bridgehead atoms. The Morgan fingerprint density at radius 2 is 2.11 bits per heavy atom. The van der Waals surface area contributed by atoms with Gasteiger partial charge in [0.25, 0.3) is 5.91 Å². The van der Waals surface area contributed by atoms with Crippen LogP contribution in [0.2, 0.25) is 0 Å². The molecule has 0 aliphatic heterocycles. The third-order valence-corrected chi connectivity index (χ3v) is 6.94. The Labute approximate surface area is 171 Å². The highest BCUT2D eigenvalue weighted by molar-refractivity contribution is 7.16. The van der Waals surface area contributed by atoms with Crippen LogP contribution in [0.4, 0.5) is 5.00 Å². The molecule has 28 heavy (non-hydrogen) atoms. The molecular formula is C23H28N2O2S.